The number of nitrogens with zero attached hydrogens (tertiary/aromatic N) is 1. The van der Waals surface area contributed by atoms with Crippen molar-refractivity contribution in [2.45, 2.75) is 70.9 Å². The molecule has 1 fully saturated rings. The lowest BCUT2D eigenvalue weighted by Gasteiger charge is -2.44. The van der Waals surface area contributed by atoms with Crippen LogP contribution in [0.5, 0.6) is 0 Å². The van der Waals surface area contributed by atoms with Crippen molar-refractivity contribution in [3.8, 4) is 0 Å². The molecule has 116 valence electrons. The van der Waals surface area contributed by atoms with Gasteiger partial charge in [0.25, 0.3) is 0 Å². The third kappa shape index (κ3) is 3.64. The average molecular weight is 285 g/mol. The number of rotatable bonds is 3. The van der Waals surface area contributed by atoms with E-state index in [0.29, 0.717) is 19.4 Å². The molecule has 1 unspecified atom stereocenters. The van der Waals surface area contributed by atoms with Crippen LogP contribution in [0, 0.1) is 0 Å². The highest BCUT2D eigenvalue weighted by molar-refractivity contribution is 5.86. The molecule has 0 spiro atoms. The Hall–Kier alpha value is -1.26. The van der Waals surface area contributed by atoms with E-state index in [2.05, 4.69) is 0 Å². The van der Waals surface area contributed by atoms with Crippen LogP contribution in [0.15, 0.2) is 0 Å². The van der Waals surface area contributed by atoms with Crippen LogP contribution in [0.1, 0.15) is 59.8 Å². The molecule has 0 bridgehead atoms. The number of amides is 1. The van der Waals surface area contributed by atoms with E-state index in [-0.39, 0.29) is 5.97 Å². The van der Waals surface area contributed by atoms with Crippen molar-refractivity contribution < 1.29 is 19.1 Å². The summed E-state index contributed by atoms with van der Waals surface area (Å²) in [5.41, 5.74) is -1.42. The zero-order chi connectivity index (χ0) is 15.4. The molecule has 1 aliphatic heterocycles. The van der Waals surface area contributed by atoms with Gasteiger partial charge in [-0.2, -0.15) is 0 Å². The molecule has 5 nitrogen and oxygen atoms in total. The predicted molar refractivity (Wildman–Crippen MR) is 76.4 cm³/mol. The Labute approximate surface area is 121 Å². The number of likely N-dealkylation sites (tertiary alicyclic amines) is 1. The normalized spacial score (nSPS) is 23.4. The summed E-state index contributed by atoms with van der Waals surface area (Å²) in [7, 11) is 1.38. The first-order valence-corrected chi connectivity index (χ1v) is 7.36. The molecule has 5 heteroatoms. The van der Waals surface area contributed by atoms with Gasteiger partial charge in [0.05, 0.1) is 7.11 Å². The van der Waals surface area contributed by atoms with E-state index in [0.717, 1.165) is 19.3 Å². The van der Waals surface area contributed by atoms with E-state index in [1.54, 1.807) is 4.90 Å². The zero-order valence-electron chi connectivity index (χ0n) is 13.3. The van der Waals surface area contributed by atoms with Gasteiger partial charge in [-0.05, 0) is 46.5 Å². The Kier molecular flexibility index (Phi) is 5.42. The van der Waals surface area contributed by atoms with E-state index in [4.69, 9.17) is 9.47 Å². The van der Waals surface area contributed by atoms with Crippen molar-refractivity contribution in [2.75, 3.05) is 13.7 Å². The molecule has 1 rings (SSSR count). The van der Waals surface area contributed by atoms with Crippen molar-refractivity contribution in [3.05, 3.63) is 0 Å². The number of carbonyl (C=O) groups excluding carboxylic acids is 2. The van der Waals surface area contributed by atoms with Gasteiger partial charge < -0.3 is 9.47 Å². The fourth-order valence-corrected chi connectivity index (χ4v) is 2.80. The average Bonchev–Trinajstić information content (AvgIpc) is 2.36. The molecule has 0 saturated carbocycles. The predicted octanol–water partition coefficient (Wildman–Crippen LogP) is 3.12. The maximum Gasteiger partial charge on any atom is 0.411 e. The van der Waals surface area contributed by atoms with E-state index >= 15 is 0 Å². The lowest BCUT2D eigenvalue weighted by molar-refractivity contribution is -0.158. The highest BCUT2D eigenvalue weighted by atomic mass is 16.6. The van der Waals surface area contributed by atoms with Crippen LogP contribution in [0.2, 0.25) is 0 Å². The summed E-state index contributed by atoms with van der Waals surface area (Å²) < 4.78 is 10.4. The number of piperidine rings is 1. The Morgan fingerprint density at radius 3 is 2.40 bits per heavy atom. The van der Waals surface area contributed by atoms with Crippen LogP contribution in [0.4, 0.5) is 4.79 Å². The molecule has 0 aromatic rings. The van der Waals surface area contributed by atoms with Crippen LogP contribution in [-0.2, 0) is 14.3 Å². The van der Waals surface area contributed by atoms with E-state index in [1.165, 1.54) is 7.11 Å². The van der Waals surface area contributed by atoms with E-state index in [9.17, 15) is 9.59 Å². The smallest absolute Gasteiger partial charge is 0.411 e. The van der Waals surface area contributed by atoms with Crippen molar-refractivity contribution in [1.82, 2.24) is 4.90 Å². The monoisotopic (exact) mass is 285 g/mol. The van der Waals surface area contributed by atoms with Gasteiger partial charge in [-0.3, -0.25) is 4.90 Å². The number of carbonyl (C=O) groups is 2. The van der Waals surface area contributed by atoms with E-state index in [1.807, 2.05) is 27.7 Å². The van der Waals surface area contributed by atoms with Crippen molar-refractivity contribution in [3.63, 3.8) is 0 Å². The molecular weight excluding hydrogens is 258 g/mol. The van der Waals surface area contributed by atoms with Crippen LogP contribution < -0.4 is 0 Å². The largest absolute Gasteiger partial charge is 0.467 e. The summed E-state index contributed by atoms with van der Waals surface area (Å²) in [5.74, 6) is -0.329. The first-order valence-electron chi connectivity index (χ1n) is 7.36. The van der Waals surface area contributed by atoms with Gasteiger partial charge in [0.15, 0.2) is 0 Å². The molecule has 1 atom stereocenters. The molecule has 0 N–H and O–H groups in total. The van der Waals surface area contributed by atoms with Gasteiger partial charge in [-0.15, -0.1) is 0 Å². The Balaban J connectivity index is 3.04. The molecular formula is C15H27NO4. The second kappa shape index (κ2) is 6.46. The highest BCUT2D eigenvalue weighted by Crippen LogP contribution is 2.34. The Morgan fingerprint density at radius 1 is 1.25 bits per heavy atom. The number of esters is 1. The minimum Gasteiger partial charge on any atom is -0.467 e. The summed E-state index contributed by atoms with van der Waals surface area (Å²) in [6, 6.07) is 0. The fourth-order valence-electron chi connectivity index (χ4n) is 2.80. The molecule has 20 heavy (non-hydrogen) atoms. The first kappa shape index (κ1) is 16.8. The van der Waals surface area contributed by atoms with Crippen LogP contribution in [0.3, 0.4) is 0 Å². The topological polar surface area (TPSA) is 55.8 Å². The zero-order valence-corrected chi connectivity index (χ0v) is 13.3. The minimum absolute atomic E-state index is 0.329. The molecule has 1 amide bonds. The molecule has 1 aliphatic rings. The van der Waals surface area contributed by atoms with Gasteiger partial charge in [0, 0.05) is 6.54 Å². The lowest BCUT2D eigenvalue weighted by atomic mass is 9.83. The van der Waals surface area contributed by atoms with Crippen molar-refractivity contribution in [2.24, 2.45) is 0 Å². The third-order valence-electron chi connectivity index (χ3n) is 3.58. The van der Waals surface area contributed by atoms with E-state index < -0.39 is 17.2 Å². The summed E-state index contributed by atoms with van der Waals surface area (Å²) >= 11 is 0. The highest BCUT2D eigenvalue weighted by Gasteiger charge is 2.49. The second-order valence-electron chi connectivity index (χ2n) is 6.36. The van der Waals surface area contributed by atoms with Crippen molar-refractivity contribution >= 4 is 12.1 Å². The summed E-state index contributed by atoms with van der Waals surface area (Å²) in [6.07, 6.45) is 3.46. The number of hydrogen-bond acceptors (Lipinski definition) is 4. The van der Waals surface area contributed by atoms with Gasteiger partial charge in [-0.25, -0.2) is 9.59 Å². The summed E-state index contributed by atoms with van der Waals surface area (Å²) in [6.45, 7) is 8.04. The number of methoxy groups -OCH3 is 1. The minimum atomic E-state index is -0.857. The molecule has 0 aliphatic carbocycles. The Morgan fingerprint density at radius 2 is 1.90 bits per heavy atom. The maximum atomic E-state index is 12.4. The molecule has 0 aromatic carbocycles. The lowest BCUT2D eigenvalue weighted by Crippen LogP contribution is -2.60. The quantitative estimate of drug-likeness (QED) is 0.748. The molecule has 0 radical (unpaired) electrons. The summed E-state index contributed by atoms with van der Waals surface area (Å²) in [4.78, 5) is 26.3. The SMILES string of the molecule is CCCC1(C(=O)OC)CCCCN1C(=O)OC(C)(C)C. The molecule has 1 saturated heterocycles. The maximum absolute atomic E-state index is 12.4. The van der Waals surface area contributed by atoms with Gasteiger partial charge >= 0.3 is 12.1 Å². The summed E-state index contributed by atoms with van der Waals surface area (Å²) in [5, 5.41) is 0. The molecule has 1 heterocycles. The van der Waals surface area contributed by atoms with Gasteiger partial charge in [0.1, 0.15) is 11.1 Å². The van der Waals surface area contributed by atoms with Crippen LogP contribution in [0.25, 0.3) is 0 Å². The Bertz CT molecular complexity index is 357. The second-order valence-corrected chi connectivity index (χ2v) is 6.36. The fraction of sp³-hybridized carbons (Fsp3) is 0.867. The molecule has 0 aromatic heterocycles. The van der Waals surface area contributed by atoms with Crippen LogP contribution in [-0.4, -0.2) is 41.8 Å². The first-order chi connectivity index (χ1) is 9.27. The van der Waals surface area contributed by atoms with Gasteiger partial charge in [-0.1, -0.05) is 13.3 Å². The van der Waals surface area contributed by atoms with Gasteiger partial charge in [0.2, 0.25) is 0 Å². The van der Waals surface area contributed by atoms with Crippen LogP contribution >= 0.6 is 0 Å². The standard InChI is InChI=1S/C15H27NO4/c1-6-9-15(12(17)19-5)10-7-8-11-16(15)13(18)20-14(2,3)4/h6-11H2,1-5H3. The third-order valence-corrected chi connectivity index (χ3v) is 3.58. The van der Waals surface area contributed by atoms with Crippen molar-refractivity contribution in [1.29, 1.82) is 0 Å². The number of ether oxygens (including phenoxy) is 2. The number of hydrogen-bond donors (Lipinski definition) is 0.